The van der Waals surface area contributed by atoms with Crippen LogP contribution >= 0.6 is 0 Å². The summed E-state index contributed by atoms with van der Waals surface area (Å²) < 4.78 is 11.7. The zero-order valence-electron chi connectivity index (χ0n) is 17.0. The third-order valence-corrected chi connectivity index (χ3v) is 9.97. The molecule has 1 saturated heterocycles. The van der Waals surface area contributed by atoms with Crippen LogP contribution in [0.25, 0.3) is 0 Å². The zero-order valence-corrected chi connectivity index (χ0v) is 17.0. The van der Waals surface area contributed by atoms with Gasteiger partial charge in [0, 0.05) is 16.9 Å². The molecule has 1 aromatic heterocycles. The normalized spacial score (nSPS) is 52.6. The SMILES string of the molecule is C[C@]12CC[C@@H]3[C@@H](CC[C@@H]4C[C@@H](O)CC[C@@]43C=O)[C@]13O[C@@H]3C[C@@H]2c1ccc(=O)oc1. The Labute approximate surface area is 170 Å². The van der Waals surface area contributed by atoms with Gasteiger partial charge in [-0.1, -0.05) is 6.92 Å². The predicted molar refractivity (Wildman–Crippen MR) is 105 cm³/mol. The second kappa shape index (κ2) is 5.82. The van der Waals surface area contributed by atoms with Gasteiger partial charge in [0.1, 0.15) is 11.9 Å². The van der Waals surface area contributed by atoms with Gasteiger partial charge in [-0.3, -0.25) is 0 Å². The maximum Gasteiger partial charge on any atom is 0.335 e. The molecule has 29 heavy (non-hydrogen) atoms. The molecule has 4 saturated carbocycles. The Kier molecular flexibility index (Phi) is 3.68. The maximum atomic E-state index is 12.5. The van der Waals surface area contributed by atoms with Crippen molar-refractivity contribution in [3.05, 3.63) is 34.4 Å². The lowest BCUT2D eigenvalue weighted by Gasteiger charge is -2.60. The van der Waals surface area contributed by atoms with Crippen LogP contribution in [-0.4, -0.2) is 29.2 Å². The highest BCUT2D eigenvalue weighted by Gasteiger charge is 2.80. The number of aliphatic hydroxyl groups excluding tert-OH is 1. The Bertz CT molecular complexity index is 888. The second-order valence-corrected chi connectivity index (χ2v) is 10.7. The summed E-state index contributed by atoms with van der Waals surface area (Å²) in [6, 6.07) is 3.46. The van der Waals surface area contributed by atoms with Crippen LogP contribution in [-0.2, 0) is 9.53 Å². The molecule has 1 spiro atoms. The smallest absolute Gasteiger partial charge is 0.335 e. The fraction of sp³-hybridized carbons (Fsp3) is 0.750. The van der Waals surface area contributed by atoms with E-state index in [2.05, 4.69) is 6.92 Å². The Morgan fingerprint density at radius 2 is 1.97 bits per heavy atom. The molecular weight excluding hydrogens is 368 g/mol. The average molecular weight is 398 g/mol. The summed E-state index contributed by atoms with van der Waals surface area (Å²) >= 11 is 0. The van der Waals surface area contributed by atoms with Gasteiger partial charge in [-0.25, -0.2) is 4.79 Å². The number of fused-ring (bicyclic) bond motifs is 3. The summed E-state index contributed by atoms with van der Waals surface area (Å²) in [5.41, 5.74) is 0.423. The molecule has 1 aromatic rings. The molecule has 1 N–H and O–H groups in total. The van der Waals surface area contributed by atoms with E-state index in [0.29, 0.717) is 23.7 Å². The molecule has 0 radical (unpaired) electrons. The summed E-state index contributed by atoms with van der Waals surface area (Å²) in [6.07, 6.45) is 10.5. The van der Waals surface area contributed by atoms with Crippen LogP contribution in [0.5, 0.6) is 0 Å². The van der Waals surface area contributed by atoms with Crippen LogP contribution in [0, 0.1) is 28.6 Å². The Balaban J connectivity index is 1.37. The molecule has 0 aromatic carbocycles. The number of hydrogen-bond donors (Lipinski definition) is 1. The fourth-order valence-corrected chi connectivity index (χ4v) is 8.66. The lowest BCUT2D eigenvalue weighted by molar-refractivity contribution is -0.158. The Hall–Kier alpha value is -1.46. The average Bonchev–Trinajstić information content (AvgIpc) is 3.38. The van der Waals surface area contributed by atoms with E-state index in [4.69, 9.17) is 9.15 Å². The minimum absolute atomic E-state index is 0.0177. The van der Waals surface area contributed by atoms with Gasteiger partial charge >= 0.3 is 5.63 Å². The van der Waals surface area contributed by atoms with Crippen molar-refractivity contribution in [2.75, 3.05) is 0 Å². The Morgan fingerprint density at radius 1 is 1.10 bits per heavy atom. The second-order valence-electron chi connectivity index (χ2n) is 10.7. The molecule has 0 bridgehead atoms. The molecule has 0 unspecified atom stereocenters. The molecule has 5 aliphatic rings. The molecule has 1 aliphatic heterocycles. The van der Waals surface area contributed by atoms with Crippen molar-refractivity contribution >= 4 is 6.29 Å². The van der Waals surface area contributed by atoms with Gasteiger partial charge in [-0.05, 0) is 86.7 Å². The molecule has 9 atom stereocenters. The van der Waals surface area contributed by atoms with Crippen molar-refractivity contribution in [2.45, 2.75) is 82.0 Å². The van der Waals surface area contributed by atoms with E-state index in [1.165, 1.54) is 12.4 Å². The largest absolute Gasteiger partial charge is 0.431 e. The summed E-state index contributed by atoms with van der Waals surface area (Å²) in [5.74, 6) is 1.45. The molecule has 6 rings (SSSR count). The first-order valence-corrected chi connectivity index (χ1v) is 11.4. The number of rotatable bonds is 2. The van der Waals surface area contributed by atoms with Crippen molar-refractivity contribution < 1.29 is 19.1 Å². The number of ether oxygens (including phenoxy) is 1. The summed E-state index contributed by atoms with van der Waals surface area (Å²) in [6.45, 7) is 2.37. The highest BCUT2D eigenvalue weighted by Crippen LogP contribution is 2.77. The standard InChI is InChI=1S/C24H30O5/c1-22-8-7-17-18(4-3-15-10-16(26)6-9-23(15,17)13-25)24(22)20(29-24)11-19(22)14-2-5-21(27)28-12-14/h2,5,12-13,15-20,26H,3-4,6-11H2,1H3/t15-,16+,17-,18-,19-,20-,22-,23-,24-/m1/s1. The molecule has 156 valence electrons. The lowest BCUT2D eigenvalue weighted by atomic mass is 9.44. The van der Waals surface area contributed by atoms with Crippen LogP contribution in [0.3, 0.4) is 0 Å². The van der Waals surface area contributed by atoms with E-state index >= 15 is 0 Å². The van der Waals surface area contributed by atoms with E-state index in [1.54, 1.807) is 6.26 Å². The van der Waals surface area contributed by atoms with Gasteiger partial charge in [0.15, 0.2) is 0 Å². The first-order valence-electron chi connectivity index (χ1n) is 11.4. The predicted octanol–water partition coefficient (Wildman–Crippen LogP) is 3.44. The minimum Gasteiger partial charge on any atom is -0.431 e. The topological polar surface area (TPSA) is 80.0 Å². The number of aliphatic hydroxyl groups is 1. The highest BCUT2D eigenvalue weighted by atomic mass is 16.6. The third-order valence-electron chi connectivity index (χ3n) is 9.97. The number of epoxide rings is 1. The van der Waals surface area contributed by atoms with Gasteiger partial charge in [0.2, 0.25) is 0 Å². The molecular formula is C24H30O5. The molecule has 5 nitrogen and oxygen atoms in total. The molecule has 5 fully saturated rings. The van der Waals surface area contributed by atoms with E-state index in [0.717, 1.165) is 56.9 Å². The Morgan fingerprint density at radius 3 is 2.72 bits per heavy atom. The van der Waals surface area contributed by atoms with Gasteiger partial charge in [0.25, 0.3) is 0 Å². The van der Waals surface area contributed by atoms with Crippen molar-refractivity contribution in [1.82, 2.24) is 0 Å². The van der Waals surface area contributed by atoms with Crippen LogP contribution in [0.2, 0.25) is 0 Å². The van der Waals surface area contributed by atoms with Crippen molar-refractivity contribution in [3.63, 3.8) is 0 Å². The number of carbonyl (C=O) groups excluding carboxylic acids is 1. The van der Waals surface area contributed by atoms with Crippen molar-refractivity contribution in [3.8, 4) is 0 Å². The fourth-order valence-electron chi connectivity index (χ4n) is 8.66. The van der Waals surface area contributed by atoms with Crippen LogP contribution in [0.15, 0.2) is 27.6 Å². The van der Waals surface area contributed by atoms with E-state index in [-0.39, 0.29) is 34.3 Å². The number of hydrogen-bond acceptors (Lipinski definition) is 5. The van der Waals surface area contributed by atoms with Crippen molar-refractivity contribution in [1.29, 1.82) is 0 Å². The monoisotopic (exact) mass is 398 g/mol. The maximum absolute atomic E-state index is 12.5. The first-order chi connectivity index (χ1) is 13.9. The van der Waals surface area contributed by atoms with Crippen LogP contribution < -0.4 is 5.63 Å². The molecule has 2 heterocycles. The minimum atomic E-state index is -0.303. The quantitative estimate of drug-likeness (QED) is 0.610. The zero-order chi connectivity index (χ0) is 20.0. The van der Waals surface area contributed by atoms with Crippen LogP contribution in [0.4, 0.5) is 0 Å². The molecule has 0 amide bonds. The van der Waals surface area contributed by atoms with Gasteiger partial charge in [-0.15, -0.1) is 0 Å². The summed E-state index contributed by atoms with van der Waals surface area (Å²) in [5, 5.41) is 10.2. The lowest BCUT2D eigenvalue weighted by Crippen LogP contribution is -2.59. The summed E-state index contributed by atoms with van der Waals surface area (Å²) in [7, 11) is 0. The molecule has 5 heteroatoms. The van der Waals surface area contributed by atoms with Crippen molar-refractivity contribution in [2.24, 2.45) is 28.6 Å². The van der Waals surface area contributed by atoms with Gasteiger partial charge < -0.3 is 19.1 Å². The van der Waals surface area contributed by atoms with Crippen LogP contribution in [0.1, 0.15) is 69.8 Å². The van der Waals surface area contributed by atoms with E-state index in [1.807, 2.05) is 6.07 Å². The van der Waals surface area contributed by atoms with E-state index < -0.39 is 0 Å². The molecule has 4 aliphatic carbocycles. The summed E-state index contributed by atoms with van der Waals surface area (Å²) in [4.78, 5) is 24.0. The number of carbonyl (C=O) groups is 1. The van der Waals surface area contributed by atoms with Gasteiger partial charge in [0.05, 0.1) is 18.5 Å². The highest BCUT2D eigenvalue weighted by molar-refractivity contribution is 5.62. The third kappa shape index (κ3) is 2.13. The van der Waals surface area contributed by atoms with E-state index in [9.17, 15) is 14.7 Å². The number of aldehydes is 1. The first kappa shape index (κ1) is 18.3. The van der Waals surface area contributed by atoms with Gasteiger partial charge in [-0.2, -0.15) is 0 Å².